The molecule has 0 fully saturated rings. The topological polar surface area (TPSA) is 46.9 Å². The third-order valence-electron chi connectivity index (χ3n) is 4.34. The van der Waals surface area contributed by atoms with Crippen LogP contribution in [0.15, 0.2) is 79.4 Å². The van der Waals surface area contributed by atoms with Crippen molar-refractivity contribution >= 4 is 17.2 Å². The van der Waals surface area contributed by atoms with Crippen molar-refractivity contribution in [1.29, 1.82) is 0 Å². The first-order chi connectivity index (χ1) is 13.7. The molecule has 0 radical (unpaired) electrons. The number of benzene rings is 2. The van der Waals surface area contributed by atoms with Crippen molar-refractivity contribution in [2.75, 3.05) is 0 Å². The van der Waals surface area contributed by atoms with Crippen LogP contribution in [0.5, 0.6) is 0 Å². The number of rotatable bonds is 6. The van der Waals surface area contributed by atoms with Crippen LogP contribution >= 0.6 is 11.3 Å². The van der Waals surface area contributed by atoms with Gasteiger partial charge in [0.05, 0.1) is 11.2 Å². The first kappa shape index (κ1) is 18.1. The Bertz CT molecular complexity index is 1090. The highest BCUT2D eigenvalue weighted by Gasteiger charge is 2.12. The maximum atomic E-state index is 13.9. The first-order valence-corrected chi connectivity index (χ1v) is 9.67. The molecule has 0 aliphatic carbocycles. The number of carbonyl (C=O) groups excluding carboxylic acids is 1. The minimum absolute atomic E-state index is 0.160. The highest BCUT2D eigenvalue weighted by molar-refractivity contribution is 7.17. The van der Waals surface area contributed by atoms with Gasteiger partial charge >= 0.3 is 0 Å². The molecule has 0 aliphatic rings. The minimum atomic E-state index is -0.286. The summed E-state index contributed by atoms with van der Waals surface area (Å²) in [5.74, 6) is -0.446. The molecule has 0 bridgehead atoms. The third-order valence-corrected chi connectivity index (χ3v) is 5.46. The number of imidazole rings is 1. The maximum Gasteiger partial charge on any atom is 0.261 e. The normalized spacial score (nSPS) is 10.8. The van der Waals surface area contributed by atoms with E-state index < -0.39 is 0 Å². The van der Waals surface area contributed by atoms with Gasteiger partial charge < -0.3 is 9.88 Å². The predicted octanol–water partition coefficient (Wildman–Crippen LogP) is 4.73. The van der Waals surface area contributed by atoms with Crippen molar-refractivity contribution < 1.29 is 9.18 Å². The average Bonchev–Trinajstić information content (AvgIpc) is 3.39. The molecule has 0 unspecified atom stereocenters. The highest BCUT2D eigenvalue weighted by Crippen LogP contribution is 2.30. The number of amides is 1. The Morgan fingerprint density at radius 1 is 1.07 bits per heavy atom. The van der Waals surface area contributed by atoms with Crippen molar-refractivity contribution in [2.45, 2.75) is 13.1 Å². The molecule has 6 heteroatoms. The van der Waals surface area contributed by atoms with Gasteiger partial charge in [0.2, 0.25) is 0 Å². The van der Waals surface area contributed by atoms with Crippen LogP contribution in [-0.4, -0.2) is 15.5 Å². The fourth-order valence-electron chi connectivity index (χ4n) is 2.96. The molecule has 0 saturated carbocycles. The van der Waals surface area contributed by atoms with Gasteiger partial charge in [0.25, 0.3) is 5.91 Å². The molecule has 0 atom stereocenters. The molecule has 4 nitrogen and oxygen atoms in total. The average molecular weight is 391 g/mol. The van der Waals surface area contributed by atoms with Crippen LogP contribution in [0.4, 0.5) is 4.39 Å². The predicted molar refractivity (Wildman–Crippen MR) is 109 cm³/mol. The molecule has 0 saturated heterocycles. The first-order valence-electron chi connectivity index (χ1n) is 8.85. The Morgan fingerprint density at radius 2 is 1.93 bits per heavy atom. The van der Waals surface area contributed by atoms with E-state index in [0.717, 1.165) is 22.5 Å². The number of hydrogen-bond acceptors (Lipinski definition) is 3. The SMILES string of the molecule is O=C(NCc1cccc(Cn2ccnc2)c1)c1ccc(-c2ccccc2F)s1. The Kier molecular flexibility index (Phi) is 5.30. The van der Waals surface area contributed by atoms with Crippen LogP contribution in [-0.2, 0) is 13.1 Å². The zero-order chi connectivity index (χ0) is 19.3. The van der Waals surface area contributed by atoms with E-state index in [1.165, 1.54) is 17.4 Å². The smallest absolute Gasteiger partial charge is 0.261 e. The van der Waals surface area contributed by atoms with Crippen LogP contribution in [0.25, 0.3) is 10.4 Å². The lowest BCUT2D eigenvalue weighted by molar-refractivity contribution is 0.0955. The lowest BCUT2D eigenvalue weighted by Crippen LogP contribution is -2.21. The second-order valence-electron chi connectivity index (χ2n) is 6.38. The van der Waals surface area contributed by atoms with E-state index >= 15 is 0 Å². The molecule has 4 rings (SSSR count). The Morgan fingerprint density at radius 3 is 2.75 bits per heavy atom. The molecule has 2 aromatic carbocycles. The molecule has 1 amide bonds. The van der Waals surface area contributed by atoms with E-state index in [9.17, 15) is 9.18 Å². The number of nitrogens with one attached hydrogen (secondary N) is 1. The molecule has 2 aromatic heterocycles. The van der Waals surface area contributed by atoms with E-state index in [2.05, 4.69) is 16.4 Å². The van der Waals surface area contributed by atoms with Crippen molar-refractivity contribution in [1.82, 2.24) is 14.9 Å². The van der Waals surface area contributed by atoms with Gasteiger partial charge in [0, 0.05) is 35.9 Å². The number of hydrogen-bond donors (Lipinski definition) is 1. The molecule has 28 heavy (non-hydrogen) atoms. The van der Waals surface area contributed by atoms with Crippen LogP contribution in [0.1, 0.15) is 20.8 Å². The highest BCUT2D eigenvalue weighted by atomic mass is 32.1. The van der Waals surface area contributed by atoms with Gasteiger partial charge in [0.1, 0.15) is 5.82 Å². The van der Waals surface area contributed by atoms with Crippen LogP contribution in [0, 0.1) is 5.82 Å². The fourth-order valence-corrected chi connectivity index (χ4v) is 3.91. The number of nitrogens with zero attached hydrogens (tertiary/aromatic N) is 2. The minimum Gasteiger partial charge on any atom is -0.347 e. The molecule has 2 heterocycles. The van der Waals surface area contributed by atoms with E-state index in [4.69, 9.17) is 0 Å². The van der Waals surface area contributed by atoms with Crippen molar-refractivity contribution in [3.8, 4) is 10.4 Å². The van der Waals surface area contributed by atoms with Gasteiger partial charge in [-0.2, -0.15) is 0 Å². The monoisotopic (exact) mass is 391 g/mol. The number of thiophene rings is 1. The summed E-state index contributed by atoms with van der Waals surface area (Å²) in [6, 6.07) is 18.2. The van der Waals surface area contributed by atoms with Gasteiger partial charge in [-0.05, 0) is 29.3 Å². The van der Waals surface area contributed by atoms with Crippen LogP contribution < -0.4 is 5.32 Å². The quantitative estimate of drug-likeness (QED) is 0.517. The van der Waals surface area contributed by atoms with E-state index in [1.807, 2.05) is 29.0 Å². The summed E-state index contributed by atoms with van der Waals surface area (Å²) in [7, 11) is 0. The maximum absolute atomic E-state index is 13.9. The molecule has 140 valence electrons. The van der Waals surface area contributed by atoms with Crippen LogP contribution in [0.3, 0.4) is 0 Å². The lowest BCUT2D eigenvalue weighted by atomic mass is 10.1. The molecular weight excluding hydrogens is 373 g/mol. The largest absolute Gasteiger partial charge is 0.347 e. The molecule has 0 spiro atoms. The second kappa shape index (κ2) is 8.19. The number of halogens is 1. The summed E-state index contributed by atoms with van der Waals surface area (Å²) in [6.07, 6.45) is 5.44. The van der Waals surface area contributed by atoms with Gasteiger partial charge in [-0.1, -0.05) is 42.5 Å². The summed E-state index contributed by atoms with van der Waals surface area (Å²) < 4.78 is 15.9. The summed E-state index contributed by atoms with van der Waals surface area (Å²) in [6.45, 7) is 1.17. The van der Waals surface area contributed by atoms with Gasteiger partial charge in [-0.25, -0.2) is 9.37 Å². The zero-order valence-corrected chi connectivity index (χ0v) is 15.8. The Hall–Kier alpha value is -3.25. The second-order valence-corrected chi connectivity index (χ2v) is 7.47. The van der Waals surface area contributed by atoms with Gasteiger partial charge in [-0.3, -0.25) is 4.79 Å². The molecule has 0 aliphatic heterocycles. The lowest BCUT2D eigenvalue weighted by Gasteiger charge is -2.07. The molecule has 4 aromatic rings. The third kappa shape index (κ3) is 4.18. The fraction of sp³-hybridized carbons (Fsp3) is 0.0909. The van der Waals surface area contributed by atoms with E-state index in [1.54, 1.807) is 42.9 Å². The number of carbonyl (C=O) groups is 1. The zero-order valence-electron chi connectivity index (χ0n) is 15.0. The Labute approximate surface area is 166 Å². The van der Waals surface area contributed by atoms with E-state index in [0.29, 0.717) is 17.0 Å². The summed E-state index contributed by atoms with van der Waals surface area (Å²) in [4.78, 5) is 17.8. The summed E-state index contributed by atoms with van der Waals surface area (Å²) in [5, 5.41) is 2.94. The van der Waals surface area contributed by atoms with Crippen molar-refractivity contribution in [3.63, 3.8) is 0 Å². The van der Waals surface area contributed by atoms with E-state index in [-0.39, 0.29) is 11.7 Å². The van der Waals surface area contributed by atoms with Gasteiger partial charge in [0.15, 0.2) is 0 Å². The summed E-state index contributed by atoms with van der Waals surface area (Å²) >= 11 is 1.29. The standard InChI is InChI=1S/C22H18FN3OS/c23-19-7-2-1-6-18(19)20-8-9-21(28-20)22(27)25-13-16-4-3-5-17(12-16)14-26-11-10-24-15-26/h1-12,15H,13-14H2,(H,25,27). The van der Waals surface area contributed by atoms with Crippen molar-refractivity contribution in [2.24, 2.45) is 0 Å². The van der Waals surface area contributed by atoms with Crippen LogP contribution in [0.2, 0.25) is 0 Å². The summed E-state index contributed by atoms with van der Waals surface area (Å²) in [5.41, 5.74) is 2.68. The molecule has 1 N–H and O–H groups in total. The van der Waals surface area contributed by atoms with Crippen molar-refractivity contribution in [3.05, 3.63) is 101 Å². The molecular formula is C22H18FN3OS. The number of aromatic nitrogens is 2. The Balaban J connectivity index is 1.40. The van der Waals surface area contributed by atoms with Gasteiger partial charge in [-0.15, -0.1) is 11.3 Å².